The van der Waals surface area contributed by atoms with Crippen molar-refractivity contribution in [3.8, 4) is 39.5 Å². The number of aromatic nitrogens is 3. The van der Waals surface area contributed by atoms with Crippen LogP contribution in [-0.4, -0.2) is 14.5 Å². The molecule has 3 nitrogen and oxygen atoms in total. The Kier molecular flexibility index (Phi) is 6.81. The van der Waals surface area contributed by atoms with E-state index in [1.807, 2.05) is 23.6 Å². The van der Waals surface area contributed by atoms with E-state index in [2.05, 4.69) is 156 Å². The summed E-state index contributed by atoms with van der Waals surface area (Å²) < 4.78 is 4.84. The molecule has 0 N–H and O–H groups in total. The highest BCUT2D eigenvalue weighted by atomic mass is 32.1. The second kappa shape index (κ2) is 11.8. The molecule has 6 aromatic carbocycles. The van der Waals surface area contributed by atoms with Gasteiger partial charge in [0, 0.05) is 42.7 Å². The van der Waals surface area contributed by atoms with E-state index in [1.165, 1.54) is 64.3 Å². The van der Waals surface area contributed by atoms with Crippen LogP contribution < -0.4 is 0 Å². The molecule has 0 radical (unpaired) electrons. The number of thiophene rings is 1. The maximum atomic E-state index is 5.15. The van der Waals surface area contributed by atoms with Gasteiger partial charge in [0.1, 0.15) is 0 Å². The van der Waals surface area contributed by atoms with Gasteiger partial charge in [-0.15, -0.1) is 11.3 Å². The lowest BCUT2D eigenvalue weighted by Gasteiger charge is -2.11. The summed E-state index contributed by atoms with van der Waals surface area (Å²) >= 11 is 1.87. The Labute approximate surface area is 294 Å². The van der Waals surface area contributed by atoms with Crippen LogP contribution in [0.15, 0.2) is 164 Å². The Morgan fingerprint density at radius 1 is 0.540 bits per heavy atom. The predicted molar refractivity (Wildman–Crippen MR) is 212 cm³/mol. The number of nitrogens with zero attached hydrogens (tertiary/aromatic N) is 3. The largest absolute Gasteiger partial charge is 0.278 e. The van der Waals surface area contributed by atoms with Crippen LogP contribution in [0, 0.1) is 0 Å². The van der Waals surface area contributed by atoms with Crippen molar-refractivity contribution in [3.05, 3.63) is 170 Å². The van der Waals surface area contributed by atoms with Crippen LogP contribution in [0.1, 0.15) is 18.4 Å². The molecule has 0 aliphatic heterocycles. The summed E-state index contributed by atoms with van der Waals surface area (Å²) in [6.07, 6.45) is 10.9. The third kappa shape index (κ3) is 4.80. The van der Waals surface area contributed by atoms with Crippen LogP contribution in [0.25, 0.3) is 87.0 Å². The smallest absolute Gasteiger partial charge is 0.235 e. The molecule has 0 saturated carbocycles. The van der Waals surface area contributed by atoms with Crippen molar-refractivity contribution in [3.63, 3.8) is 0 Å². The van der Waals surface area contributed by atoms with Crippen molar-refractivity contribution in [1.82, 2.24) is 14.5 Å². The molecule has 0 atom stereocenters. The summed E-state index contributed by atoms with van der Waals surface area (Å²) in [5.74, 6) is 0.665. The average Bonchev–Trinajstić information content (AvgIpc) is 3.74. The molecule has 0 spiro atoms. The molecule has 0 unspecified atom stereocenters. The van der Waals surface area contributed by atoms with Gasteiger partial charge in [0.2, 0.25) is 5.95 Å². The highest BCUT2D eigenvalue weighted by Crippen LogP contribution is 2.41. The standard InChI is InChI=1S/C46H31N3S/c1-2-10-30(11-3-1)33-12-8-13-34(28-33)31-20-22-32(23-21-31)41-26-27-47-46(48-41)49-42-18-6-4-14-37(42)40-29-35(24-25-43(40)49)36-16-9-17-39-38-15-5-7-19-44(38)50-45(36)39/h2,4-29H,1,3H2. The zero-order valence-electron chi connectivity index (χ0n) is 27.3. The summed E-state index contributed by atoms with van der Waals surface area (Å²) in [5, 5.41) is 5.01. The summed E-state index contributed by atoms with van der Waals surface area (Å²) in [4.78, 5) is 9.96. The number of para-hydroxylation sites is 1. The van der Waals surface area contributed by atoms with Crippen molar-refractivity contribution < 1.29 is 0 Å². The summed E-state index contributed by atoms with van der Waals surface area (Å²) in [5.41, 5.74) is 11.6. The SMILES string of the molecule is C1=CC(c2cccc(-c3ccc(-c4ccnc(-n5c6ccccc6c6cc(-c7cccc8c7sc7ccccc78)ccc65)n4)cc3)c2)=CCC1. The molecule has 0 bridgehead atoms. The van der Waals surface area contributed by atoms with Crippen LogP contribution in [-0.2, 0) is 0 Å². The minimum Gasteiger partial charge on any atom is -0.278 e. The minimum absolute atomic E-state index is 0.665. The van der Waals surface area contributed by atoms with Crippen molar-refractivity contribution in [1.29, 1.82) is 0 Å². The van der Waals surface area contributed by atoms with Crippen LogP contribution in [0.3, 0.4) is 0 Å². The Morgan fingerprint density at radius 3 is 2.20 bits per heavy atom. The van der Waals surface area contributed by atoms with E-state index >= 15 is 0 Å². The Balaban J connectivity index is 1.04. The average molecular weight is 658 g/mol. The summed E-state index contributed by atoms with van der Waals surface area (Å²) in [6, 6.07) is 50.3. The van der Waals surface area contributed by atoms with E-state index in [1.54, 1.807) is 0 Å². The molecule has 9 aromatic rings. The molecule has 0 saturated heterocycles. The summed E-state index contributed by atoms with van der Waals surface area (Å²) in [7, 11) is 0. The molecule has 3 heterocycles. The van der Waals surface area contributed by atoms with Crippen LogP contribution in [0.4, 0.5) is 0 Å². The molecule has 4 heteroatoms. The monoisotopic (exact) mass is 657 g/mol. The number of allylic oxidation sites excluding steroid dienone is 4. The van der Waals surface area contributed by atoms with Crippen LogP contribution in [0.2, 0.25) is 0 Å². The van der Waals surface area contributed by atoms with Gasteiger partial charge in [-0.05, 0) is 82.6 Å². The van der Waals surface area contributed by atoms with E-state index in [0.29, 0.717) is 5.95 Å². The van der Waals surface area contributed by atoms with Crippen molar-refractivity contribution in [2.75, 3.05) is 0 Å². The fourth-order valence-corrected chi connectivity index (χ4v) is 8.72. The first-order valence-corrected chi connectivity index (χ1v) is 18.0. The van der Waals surface area contributed by atoms with Crippen LogP contribution >= 0.6 is 11.3 Å². The summed E-state index contributed by atoms with van der Waals surface area (Å²) in [6.45, 7) is 0. The molecule has 0 fully saturated rings. The molecule has 50 heavy (non-hydrogen) atoms. The first kappa shape index (κ1) is 28.9. The van der Waals surface area contributed by atoms with E-state index in [4.69, 9.17) is 9.97 Å². The van der Waals surface area contributed by atoms with Gasteiger partial charge in [0.25, 0.3) is 0 Å². The molecular weight excluding hydrogens is 627 g/mol. The second-order valence-corrected chi connectivity index (χ2v) is 14.0. The highest BCUT2D eigenvalue weighted by molar-refractivity contribution is 7.26. The first-order chi connectivity index (χ1) is 24.8. The van der Waals surface area contributed by atoms with Gasteiger partial charge < -0.3 is 0 Å². The second-order valence-electron chi connectivity index (χ2n) is 12.9. The maximum Gasteiger partial charge on any atom is 0.235 e. The first-order valence-electron chi connectivity index (χ1n) is 17.1. The van der Waals surface area contributed by atoms with Gasteiger partial charge in [-0.2, -0.15) is 0 Å². The molecule has 1 aliphatic rings. The van der Waals surface area contributed by atoms with Gasteiger partial charge in [-0.1, -0.05) is 121 Å². The van der Waals surface area contributed by atoms with Crippen molar-refractivity contribution >= 4 is 58.9 Å². The lowest BCUT2D eigenvalue weighted by molar-refractivity contribution is 0.992. The highest BCUT2D eigenvalue weighted by Gasteiger charge is 2.17. The normalized spacial score (nSPS) is 13.1. The van der Waals surface area contributed by atoms with E-state index in [-0.39, 0.29) is 0 Å². The van der Waals surface area contributed by atoms with E-state index in [9.17, 15) is 0 Å². The van der Waals surface area contributed by atoms with Gasteiger partial charge in [-0.25, -0.2) is 9.97 Å². The Hall–Kier alpha value is -6.10. The lowest BCUT2D eigenvalue weighted by Crippen LogP contribution is -2.01. The molecule has 3 aromatic heterocycles. The van der Waals surface area contributed by atoms with Gasteiger partial charge in [-0.3, -0.25) is 4.57 Å². The third-order valence-electron chi connectivity index (χ3n) is 9.94. The quantitative estimate of drug-likeness (QED) is 0.184. The number of hydrogen-bond acceptors (Lipinski definition) is 3. The Bertz CT molecular complexity index is 2810. The zero-order chi connectivity index (χ0) is 33.0. The number of rotatable bonds is 5. The molecule has 1 aliphatic carbocycles. The van der Waals surface area contributed by atoms with E-state index < -0.39 is 0 Å². The number of benzene rings is 6. The molecular formula is C46H31N3S. The minimum atomic E-state index is 0.665. The van der Waals surface area contributed by atoms with Gasteiger partial charge >= 0.3 is 0 Å². The van der Waals surface area contributed by atoms with Crippen molar-refractivity contribution in [2.45, 2.75) is 12.8 Å². The third-order valence-corrected chi connectivity index (χ3v) is 11.2. The molecule has 0 amide bonds. The topological polar surface area (TPSA) is 30.7 Å². The number of hydrogen-bond donors (Lipinski definition) is 0. The van der Waals surface area contributed by atoms with Crippen molar-refractivity contribution in [2.24, 2.45) is 0 Å². The predicted octanol–water partition coefficient (Wildman–Crippen LogP) is 12.7. The number of fused-ring (bicyclic) bond motifs is 6. The van der Waals surface area contributed by atoms with Crippen LogP contribution in [0.5, 0.6) is 0 Å². The molecule has 10 rings (SSSR count). The van der Waals surface area contributed by atoms with Gasteiger partial charge in [0.05, 0.1) is 16.7 Å². The van der Waals surface area contributed by atoms with Gasteiger partial charge in [0.15, 0.2) is 0 Å². The molecule has 236 valence electrons. The maximum absolute atomic E-state index is 5.15. The van der Waals surface area contributed by atoms with E-state index in [0.717, 1.165) is 35.1 Å². The Morgan fingerprint density at radius 2 is 1.30 bits per heavy atom. The lowest BCUT2D eigenvalue weighted by atomic mass is 9.95. The zero-order valence-corrected chi connectivity index (χ0v) is 28.1. The fraction of sp³-hybridized carbons (Fsp3) is 0.0435. The fourth-order valence-electron chi connectivity index (χ4n) is 7.49.